The van der Waals surface area contributed by atoms with Gasteiger partial charge in [0.1, 0.15) is 6.17 Å². The molecule has 0 aliphatic heterocycles. The van der Waals surface area contributed by atoms with Gasteiger partial charge in [-0.2, -0.15) is 8.78 Å². The standard InChI is InChI=1S/C19H30F4O2/c20-17-15(10-11-16(24)18(17)21)19(22,23)25-14-8-6-13(7-9-14)12-4-2-1-3-5-12/h12-18,24H,1-11H2. The number of ether oxygens (including phenoxy) is 1. The minimum absolute atomic E-state index is 0.153. The smallest absolute Gasteiger partial charge is 0.361 e. The fraction of sp³-hybridized carbons (Fsp3) is 1.00. The quantitative estimate of drug-likeness (QED) is 0.695. The van der Waals surface area contributed by atoms with Crippen molar-refractivity contribution in [2.45, 2.75) is 101 Å². The van der Waals surface area contributed by atoms with Gasteiger partial charge in [-0.25, -0.2) is 8.78 Å². The molecule has 3 aliphatic carbocycles. The lowest BCUT2D eigenvalue weighted by Crippen LogP contribution is -2.50. The molecule has 3 rings (SSSR count). The Morgan fingerprint density at radius 3 is 1.96 bits per heavy atom. The van der Waals surface area contributed by atoms with E-state index in [-0.39, 0.29) is 12.8 Å². The summed E-state index contributed by atoms with van der Waals surface area (Å²) in [6.45, 7) is 0. The first-order chi connectivity index (χ1) is 11.9. The molecule has 4 atom stereocenters. The minimum atomic E-state index is -3.67. The highest BCUT2D eigenvalue weighted by molar-refractivity contribution is 4.92. The van der Waals surface area contributed by atoms with Crippen molar-refractivity contribution in [2.24, 2.45) is 17.8 Å². The normalized spacial score (nSPS) is 41.6. The summed E-state index contributed by atoms with van der Waals surface area (Å²) in [4.78, 5) is 0. The van der Waals surface area contributed by atoms with E-state index in [9.17, 15) is 22.7 Å². The summed E-state index contributed by atoms with van der Waals surface area (Å²) >= 11 is 0. The third kappa shape index (κ3) is 4.49. The molecule has 0 bridgehead atoms. The monoisotopic (exact) mass is 366 g/mol. The molecule has 146 valence electrons. The lowest BCUT2D eigenvalue weighted by Gasteiger charge is -2.40. The van der Waals surface area contributed by atoms with E-state index < -0.39 is 36.6 Å². The van der Waals surface area contributed by atoms with Gasteiger partial charge in [0.2, 0.25) is 0 Å². The van der Waals surface area contributed by atoms with Crippen molar-refractivity contribution >= 4 is 0 Å². The molecule has 4 unspecified atom stereocenters. The van der Waals surface area contributed by atoms with Crippen LogP contribution in [0.4, 0.5) is 17.6 Å². The van der Waals surface area contributed by atoms with Crippen LogP contribution in [0.3, 0.4) is 0 Å². The highest BCUT2D eigenvalue weighted by Gasteiger charge is 2.53. The molecule has 0 heterocycles. The Labute approximate surface area is 147 Å². The van der Waals surface area contributed by atoms with Gasteiger partial charge in [0.25, 0.3) is 0 Å². The lowest BCUT2D eigenvalue weighted by molar-refractivity contribution is -0.315. The number of aliphatic hydroxyl groups excluding tert-OH is 1. The van der Waals surface area contributed by atoms with Crippen molar-refractivity contribution in [1.29, 1.82) is 0 Å². The van der Waals surface area contributed by atoms with Crippen LogP contribution >= 0.6 is 0 Å². The Morgan fingerprint density at radius 1 is 0.720 bits per heavy atom. The average molecular weight is 366 g/mol. The molecule has 1 N–H and O–H groups in total. The zero-order valence-corrected chi connectivity index (χ0v) is 14.7. The van der Waals surface area contributed by atoms with Crippen LogP contribution in [-0.4, -0.2) is 35.8 Å². The van der Waals surface area contributed by atoms with Crippen LogP contribution in [0.15, 0.2) is 0 Å². The zero-order chi connectivity index (χ0) is 18.0. The fourth-order valence-corrected chi connectivity index (χ4v) is 5.05. The van der Waals surface area contributed by atoms with Crippen LogP contribution in [0.5, 0.6) is 0 Å². The van der Waals surface area contributed by atoms with E-state index in [2.05, 4.69) is 0 Å². The fourth-order valence-electron chi connectivity index (χ4n) is 5.05. The highest BCUT2D eigenvalue weighted by Crippen LogP contribution is 2.44. The van der Waals surface area contributed by atoms with Gasteiger partial charge in [0.05, 0.1) is 18.1 Å². The van der Waals surface area contributed by atoms with Crippen LogP contribution in [0, 0.1) is 17.8 Å². The van der Waals surface area contributed by atoms with E-state index in [1.807, 2.05) is 0 Å². The molecule has 3 fully saturated rings. The molecule has 6 heteroatoms. The SMILES string of the molecule is OC1CCC(C(F)(F)OC2CCC(C3CCCCC3)CC2)C(F)C1F. The highest BCUT2D eigenvalue weighted by atomic mass is 19.3. The maximum Gasteiger partial charge on any atom is 0.361 e. The number of alkyl halides is 4. The predicted octanol–water partition coefficient (Wildman–Crippen LogP) is 5.18. The van der Waals surface area contributed by atoms with Crippen molar-refractivity contribution in [1.82, 2.24) is 0 Å². The summed E-state index contributed by atoms with van der Waals surface area (Å²) in [5.41, 5.74) is 0. The Bertz CT molecular complexity index is 420. The first-order valence-electron chi connectivity index (χ1n) is 9.90. The average Bonchev–Trinajstić information content (AvgIpc) is 2.60. The number of hydrogen-bond donors (Lipinski definition) is 1. The second-order valence-corrected chi connectivity index (χ2v) is 8.25. The maximum atomic E-state index is 14.4. The van der Waals surface area contributed by atoms with Gasteiger partial charge in [0, 0.05) is 0 Å². The molecule has 3 saturated carbocycles. The van der Waals surface area contributed by atoms with Gasteiger partial charge in [-0.05, 0) is 50.4 Å². The molecule has 0 aromatic carbocycles. The van der Waals surface area contributed by atoms with E-state index in [0.29, 0.717) is 18.8 Å². The van der Waals surface area contributed by atoms with E-state index in [4.69, 9.17) is 4.74 Å². The van der Waals surface area contributed by atoms with Crippen molar-refractivity contribution < 1.29 is 27.4 Å². The Hall–Kier alpha value is -0.360. The molecule has 2 nitrogen and oxygen atoms in total. The van der Waals surface area contributed by atoms with Crippen molar-refractivity contribution in [3.8, 4) is 0 Å². The Kier molecular flexibility index (Phi) is 6.30. The van der Waals surface area contributed by atoms with Crippen LogP contribution in [0.25, 0.3) is 0 Å². The number of hydrogen-bond acceptors (Lipinski definition) is 2. The maximum absolute atomic E-state index is 14.4. The summed E-state index contributed by atoms with van der Waals surface area (Å²) in [7, 11) is 0. The van der Waals surface area contributed by atoms with Gasteiger partial charge < -0.3 is 9.84 Å². The van der Waals surface area contributed by atoms with Crippen LogP contribution in [0.1, 0.15) is 70.6 Å². The van der Waals surface area contributed by atoms with Gasteiger partial charge in [-0.3, -0.25) is 0 Å². The molecule has 0 aromatic heterocycles. The van der Waals surface area contributed by atoms with Crippen LogP contribution < -0.4 is 0 Å². The summed E-state index contributed by atoms with van der Waals surface area (Å²) in [5, 5.41) is 9.31. The van der Waals surface area contributed by atoms with E-state index in [1.165, 1.54) is 32.1 Å². The Balaban J connectivity index is 1.50. The van der Waals surface area contributed by atoms with E-state index >= 15 is 0 Å². The lowest BCUT2D eigenvalue weighted by atomic mass is 9.73. The van der Waals surface area contributed by atoms with Gasteiger partial charge in [0.15, 0.2) is 6.17 Å². The second kappa shape index (κ2) is 8.12. The summed E-state index contributed by atoms with van der Waals surface area (Å²) in [6, 6.07) is 0. The molecule has 0 saturated heterocycles. The van der Waals surface area contributed by atoms with E-state index in [0.717, 1.165) is 18.8 Å². The van der Waals surface area contributed by atoms with Gasteiger partial charge >= 0.3 is 6.11 Å². The van der Waals surface area contributed by atoms with Crippen molar-refractivity contribution in [3.63, 3.8) is 0 Å². The number of halogens is 4. The summed E-state index contributed by atoms with van der Waals surface area (Å²) in [6.07, 6.45) is -1.52. The van der Waals surface area contributed by atoms with Gasteiger partial charge in [-0.1, -0.05) is 32.1 Å². The largest absolute Gasteiger partial charge is 0.390 e. The molecule has 3 aliphatic rings. The topological polar surface area (TPSA) is 29.5 Å². The molecule has 25 heavy (non-hydrogen) atoms. The number of aliphatic hydroxyl groups is 1. The molecule has 0 aromatic rings. The van der Waals surface area contributed by atoms with Crippen LogP contribution in [0.2, 0.25) is 0 Å². The van der Waals surface area contributed by atoms with Crippen molar-refractivity contribution in [2.75, 3.05) is 0 Å². The second-order valence-electron chi connectivity index (χ2n) is 8.25. The third-order valence-corrected chi connectivity index (χ3v) is 6.62. The van der Waals surface area contributed by atoms with E-state index in [1.54, 1.807) is 0 Å². The molecular formula is C19H30F4O2. The molecule has 0 radical (unpaired) electrons. The first-order valence-corrected chi connectivity index (χ1v) is 9.90. The summed E-state index contributed by atoms with van der Waals surface area (Å²) < 4.78 is 61.3. The van der Waals surface area contributed by atoms with Crippen LogP contribution in [-0.2, 0) is 4.74 Å². The Morgan fingerprint density at radius 2 is 1.32 bits per heavy atom. The third-order valence-electron chi connectivity index (χ3n) is 6.62. The molecular weight excluding hydrogens is 336 g/mol. The first kappa shape index (κ1) is 19.4. The molecule has 0 spiro atoms. The number of rotatable bonds is 4. The van der Waals surface area contributed by atoms with Gasteiger partial charge in [-0.15, -0.1) is 0 Å². The predicted molar refractivity (Wildman–Crippen MR) is 86.9 cm³/mol. The minimum Gasteiger partial charge on any atom is -0.390 e. The van der Waals surface area contributed by atoms with Crippen molar-refractivity contribution in [3.05, 3.63) is 0 Å². The molecule has 0 amide bonds. The summed E-state index contributed by atoms with van der Waals surface area (Å²) in [5.74, 6) is -0.484. The zero-order valence-electron chi connectivity index (χ0n) is 14.7.